The highest BCUT2D eigenvalue weighted by Crippen LogP contribution is 2.21. The maximum Gasteiger partial charge on any atom is 0.389 e. The maximum atomic E-state index is 11.9. The second-order valence-electron chi connectivity index (χ2n) is 3.46. The van der Waals surface area contributed by atoms with Crippen LogP contribution in [0.4, 0.5) is 24.8 Å². The van der Waals surface area contributed by atoms with E-state index in [1.54, 1.807) is 6.07 Å². The van der Waals surface area contributed by atoms with E-state index in [4.69, 9.17) is 0 Å². The lowest BCUT2D eigenvalue weighted by Gasteiger charge is -2.08. The van der Waals surface area contributed by atoms with E-state index in [0.29, 0.717) is 11.6 Å². The molecule has 0 fully saturated rings. The molecule has 7 heteroatoms. The first-order valence-corrected chi connectivity index (χ1v) is 5.38. The van der Waals surface area contributed by atoms with E-state index in [1.807, 2.05) is 6.92 Å². The number of anilines is 2. The first-order valence-electron chi connectivity index (χ1n) is 5.38. The van der Waals surface area contributed by atoms with Crippen LogP contribution in [0, 0.1) is 0 Å². The van der Waals surface area contributed by atoms with E-state index >= 15 is 0 Å². The molecule has 1 aromatic heterocycles. The van der Waals surface area contributed by atoms with Crippen LogP contribution in [-0.2, 0) is 0 Å². The van der Waals surface area contributed by atoms with Crippen LogP contribution < -0.4 is 10.6 Å². The van der Waals surface area contributed by atoms with Gasteiger partial charge in [-0.1, -0.05) is 0 Å². The molecule has 0 radical (unpaired) electrons. The van der Waals surface area contributed by atoms with Crippen molar-refractivity contribution in [2.45, 2.75) is 25.9 Å². The molecule has 4 nitrogen and oxygen atoms in total. The largest absolute Gasteiger partial charge is 0.389 e. The van der Waals surface area contributed by atoms with Gasteiger partial charge in [-0.15, -0.1) is 0 Å². The lowest BCUT2D eigenvalue weighted by molar-refractivity contribution is -0.134. The average Bonchev–Trinajstić information content (AvgIpc) is 2.24. The first-order chi connectivity index (χ1) is 8.01. The van der Waals surface area contributed by atoms with E-state index in [1.165, 1.54) is 6.33 Å². The topological polar surface area (TPSA) is 49.8 Å². The minimum absolute atomic E-state index is 0.0318. The molecule has 0 aliphatic carbocycles. The number of hydrogen-bond acceptors (Lipinski definition) is 4. The second-order valence-corrected chi connectivity index (χ2v) is 3.46. The highest BCUT2D eigenvalue weighted by atomic mass is 19.4. The SMILES string of the molecule is CCNc1cc(NCCCC(F)(F)F)ncn1. The average molecular weight is 248 g/mol. The zero-order valence-corrected chi connectivity index (χ0v) is 9.51. The van der Waals surface area contributed by atoms with Gasteiger partial charge in [-0.3, -0.25) is 0 Å². The van der Waals surface area contributed by atoms with Gasteiger partial charge in [-0.2, -0.15) is 13.2 Å². The van der Waals surface area contributed by atoms with E-state index in [9.17, 15) is 13.2 Å². The third-order valence-electron chi connectivity index (χ3n) is 1.97. The minimum Gasteiger partial charge on any atom is -0.370 e. The summed E-state index contributed by atoms with van der Waals surface area (Å²) in [7, 11) is 0. The van der Waals surface area contributed by atoms with Crippen LogP contribution in [-0.4, -0.2) is 29.2 Å². The first kappa shape index (κ1) is 13.5. The molecule has 0 aliphatic heterocycles. The lowest BCUT2D eigenvalue weighted by Crippen LogP contribution is -2.11. The van der Waals surface area contributed by atoms with Gasteiger partial charge in [0.2, 0.25) is 0 Å². The Morgan fingerprint density at radius 2 is 1.82 bits per heavy atom. The molecule has 0 saturated heterocycles. The molecule has 17 heavy (non-hydrogen) atoms. The summed E-state index contributed by atoms with van der Waals surface area (Å²) < 4.78 is 35.6. The van der Waals surface area contributed by atoms with Crippen molar-refractivity contribution in [1.82, 2.24) is 9.97 Å². The molecular formula is C10H15F3N4. The van der Waals surface area contributed by atoms with Crippen LogP contribution in [0.25, 0.3) is 0 Å². The summed E-state index contributed by atoms with van der Waals surface area (Å²) in [6.45, 7) is 2.89. The zero-order chi connectivity index (χ0) is 12.7. The van der Waals surface area contributed by atoms with Gasteiger partial charge in [0.05, 0.1) is 0 Å². The molecule has 0 bridgehead atoms. The molecule has 0 unspecified atom stereocenters. The van der Waals surface area contributed by atoms with Gasteiger partial charge in [-0.05, 0) is 13.3 Å². The number of aromatic nitrogens is 2. The van der Waals surface area contributed by atoms with Gasteiger partial charge in [-0.25, -0.2) is 9.97 Å². The molecule has 1 rings (SSSR count). The van der Waals surface area contributed by atoms with Gasteiger partial charge in [0.15, 0.2) is 0 Å². The lowest BCUT2D eigenvalue weighted by atomic mass is 10.3. The molecular weight excluding hydrogens is 233 g/mol. The fourth-order valence-corrected chi connectivity index (χ4v) is 1.24. The zero-order valence-electron chi connectivity index (χ0n) is 9.51. The van der Waals surface area contributed by atoms with Crippen molar-refractivity contribution in [3.05, 3.63) is 12.4 Å². The van der Waals surface area contributed by atoms with E-state index in [0.717, 1.165) is 6.54 Å². The van der Waals surface area contributed by atoms with Gasteiger partial charge >= 0.3 is 6.18 Å². The van der Waals surface area contributed by atoms with Gasteiger partial charge in [0.25, 0.3) is 0 Å². The van der Waals surface area contributed by atoms with Crippen LogP contribution in [0.2, 0.25) is 0 Å². The number of hydrogen-bond donors (Lipinski definition) is 2. The Morgan fingerprint density at radius 1 is 1.18 bits per heavy atom. The van der Waals surface area contributed by atoms with Crippen molar-refractivity contribution in [1.29, 1.82) is 0 Å². The molecule has 96 valence electrons. The molecule has 0 aromatic carbocycles. The van der Waals surface area contributed by atoms with Crippen molar-refractivity contribution in [3.63, 3.8) is 0 Å². The summed E-state index contributed by atoms with van der Waals surface area (Å²) in [5.74, 6) is 1.18. The van der Waals surface area contributed by atoms with E-state index in [-0.39, 0.29) is 13.0 Å². The molecule has 1 heterocycles. The van der Waals surface area contributed by atoms with Crippen molar-refractivity contribution in [3.8, 4) is 0 Å². The van der Waals surface area contributed by atoms with Crippen LogP contribution in [0.1, 0.15) is 19.8 Å². The number of nitrogens with one attached hydrogen (secondary N) is 2. The van der Waals surface area contributed by atoms with Gasteiger partial charge in [0, 0.05) is 25.6 Å². The fraction of sp³-hybridized carbons (Fsp3) is 0.600. The normalized spacial score (nSPS) is 11.3. The summed E-state index contributed by atoms with van der Waals surface area (Å²) in [5, 5.41) is 5.82. The summed E-state index contributed by atoms with van der Waals surface area (Å²) >= 11 is 0. The Bertz CT molecular complexity index is 341. The van der Waals surface area contributed by atoms with Crippen molar-refractivity contribution in [2.75, 3.05) is 23.7 Å². The highest BCUT2D eigenvalue weighted by Gasteiger charge is 2.25. The number of halogens is 3. The van der Waals surface area contributed by atoms with E-state index < -0.39 is 12.6 Å². The van der Waals surface area contributed by atoms with Gasteiger partial charge < -0.3 is 10.6 Å². The third-order valence-corrected chi connectivity index (χ3v) is 1.97. The molecule has 0 aliphatic rings. The molecule has 0 atom stereocenters. The third kappa shape index (κ3) is 5.94. The highest BCUT2D eigenvalue weighted by molar-refractivity contribution is 5.46. The second kappa shape index (κ2) is 6.27. The quantitative estimate of drug-likeness (QED) is 0.760. The molecule has 0 saturated carbocycles. The Morgan fingerprint density at radius 3 is 2.41 bits per heavy atom. The predicted octanol–water partition coefficient (Wildman–Crippen LogP) is 2.66. The van der Waals surface area contributed by atoms with Gasteiger partial charge in [0.1, 0.15) is 18.0 Å². The predicted molar refractivity (Wildman–Crippen MR) is 60.0 cm³/mol. The van der Waals surface area contributed by atoms with Crippen molar-refractivity contribution in [2.24, 2.45) is 0 Å². The minimum atomic E-state index is -4.09. The molecule has 0 amide bonds. The van der Waals surface area contributed by atoms with Crippen LogP contribution in [0.3, 0.4) is 0 Å². The number of alkyl halides is 3. The van der Waals surface area contributed by atoms with Crippen molar-refractivity contribution >= 4 is 11.6 Å². The molecule has 2 N–H and O–H groups in total. The summed E-state index contributed by atoms with van der Waals surface area (Å²) in [6, 6.07) is 1.66. The molecule has 0 spiro atoms. The monoisotopic (exact) mass is 248 g/mol. The summed E-state index contributed by atoms with van der Waals surface area (Å²) in [4.78, 5) is 7.87. The number of nitrogens with zero attached hydrogens (tertiary/aromatic N) is 2. The fourth-order valence-electron chi connectivity index (χ4n) is 1.24. The molecule has 1 aromatic rings. The van der Waals surface area contributed by atoms with E-state index in [2.05, 4.69) is 20.6 Å². The Kier molecular flexibility index (Phi) is 4.99. The van der Waals surface area contributed by atoms with Crippen LogP contribution in [0.5, 0.6) is 0 Å². The number of rotatable bonds is 6. The summed E-state index contributed by atoms with van der Waals surface area (Å²) in [5.41, 5.74) is 0. The summed E-state index contributed by atoms with van der Waals surface area (Å²) in [6.07, 6.45) is -3.48. The van der Waals surface area contributed by atoms with Crippen LogP contribution in [0.15, 0.2) is 12.4 Å². The van der Waals surface area contributed by atoms with Crippen molar-refractivity contribution < 1.29 is 13.2 Å². The standard InChI is InChI=1S/C10H15F3N4/c1-2-14-8-6-9(17-7-16-8)15-5-3-4-10(11,12)13/h6-7H,2-5H2,1H3,(H2,14,15,16,17). The Balaban J connectivity index is 2.34. The van der Waals surface area contributed by atoms with Crippen LogP contribution >= 0.6 is 0 Å². The smallest absolute Gasteiger partial charge is 0.370 e. The Labute approximate surface area is 97.7 Å². The Hall–Kier alpha value is -1.53. The maximum absolute atomic E-state index is 11.9.